The maximum Gasteiger partial charge on any atom is 0.276 e. The lowest BCUT2D eigenvalue weighted by Crippen LogP contribution is -2.27. The molecule has 128 valence electrons. The van der Waals surface area contributed by atoms with Crippen LogP contribution in [0.15, 0.2) is 12.3 Å². The van der Waals surface area contributed by atoms with E-state index >= 15 is 0 Å². The van der Waals surface area contributed by atoms with Gasteiger partial charge < -0.3 is 16.0 Å². The fourth-order valence-corrected chi connectivity index (χ4v) is 4.12. The van der Waals surface area contributed by atoms with E-state index in [0.717, 1.165) is 30.0 Å². The lowest BCUT2D eigenvalue weighted by molar-refractivity contribution is 0.1000. The number of thiophene rings is 1. The van der Waals surface area contributed by atoms with Gasteiger partial charge in [-0.05, 0) is 38.9 Å². The van der Waals surface area contributed by atoms with Gasteiger partial charge >= 0.3 is 0 Å². The predicted octanol–water partition coefficient (Wildman–Crippen LogP) is 1.86. The third-order valence-electron chi connectivity index (χ3n) is 4.09. The van der Waals surface area contributed by atoms with Crippen LogP contribution >= 0.6 is 11.3 Å². The van der Waals surface area contributed by atoms with Crippen molar-refractivity contribution < 1.29 is 9.59 Å². The van der Waals surface area contributed by atoms with Crippen LogP contribution in [-0.4, -0.2) is 40.1 Å². The Morgan fingerprint density at radius 2 is 2.17 bits per heavy atom. The molecule has 0 unspecified atom stereocenters. The van der Waals surface area contributed by atoms with Crippen molar-refractivity contribution in [1.82, 2.24) is 14.7 Å². The second-order valence-corrected chi connectivity index (χ2v) is 7.39. The largest absolute Gasteiger partial charge is 0.365 e. The Morgan fingerprint density at radius 3 is 2.79 bits per heavy atom. The maximum atomic E-state index is 12.5. The number of carbonyl (C=O) groups is 2. The van der Waals surface area contributed by atoms with E-state index in [1.54, 1.807) is 16.9 Å². The van der Waals surface area contributed by atoms with Gasteiger partial charge in [-0.3, -0.25) is 14.3 Å². The molecule has 0 radical (unpaired) electrons. The molecule has 0 fully saturated rings. The smallest absolute Gasteiger partial charge is 0.276 e. The standard InChI is InChI=1S/C16H21N5O2S/c1-9(2)21-7-5-11(19-21)15(23)18-16-13(14(17)22)10-4-6-20(3)8-12(10)24-16/h5,7,9H,4,6,8H2,1-3H3,(H2,17,22)(H,18,23). The molecule has 3 heterocycles. The van der Waals surface area contributed by atoms with Crippen molar-refractivity contribution in [2.75, 3.05) is 18.9 Å². The summed E-state index contributed by atoms with van der Waals surface area (Å²) in [5.41, 5.74) is 7.29. The minimum absolute atomic E-state index is 0.178. The van der Waals surface area contributed by atoms with Gasteiger partial charge in [0, 0.05) is 30.2 Å². The molecule has 0 spiro atoms. The third-order valence-corrected chi connectivity index (χ3v) is 5.22. The second kappa shape index (κ2) is 6.37. The summed E-state index contributed by atoms with van der Waals surface area (Å²) in [5.74, 6) is -0.830. The number of hydrogen-bond donors (Lipinski definition) is 2. The van der Waals surface area contributed by atoms with Crippen molar-refractivity contribution in [2.45, 2.75) is 32.9 Å². The van der Waals surface area contributed by atoms with Gasteiger partial charge in [0.15, 0.2) is 5.69 Å². The van der Waals surface area contributed by atoms with Crippen molar-refractivity contribution >= 4 is 28.2 Å². The summed E-state index contributed by atoms with van der Waals surface area (Å²) in [7, 11) is 2.03. The van der Waals surface area contributed by atoms with Gasteiger partial charge in [0.1, 0.15) is 5.00 Å². The highest BCUT2D eigenvalue weighted by Crippen LogP contribution is 2.36. The van der Waals surface area contributed by atoms with Crippen molar-refractivity contribution in [3.05, 3.63) is 34.0 Å². The molecule has 0 saturated heterocycles. The molecule has 2 aromatic rings. The quantitative estimate of drug-likeness (QED) is 0.883. The minimum atomic E-state index is -0.500. The highest BCUT2D eigenvalue weighted by molar-refractivity contribution is 7.17. The van der Waals surface area contributed by atoms with Crippen LogP contribution in [0, 0.1) is 0 Å². The molecule has 0 aliphatic carbocycles. The van der Waals surface area contributed by atoms with Crippen LogP contribution in [0.2, 0.25) is 0 Å². The zero-order valence-corrected chi connectivity index (χ0v) is 14.8. The van der Waals surface area contributed by atoms with Gasteiger partial charge in [-0.15, -0.1) is 11.3 Å². The SMILES string of the molecule is CC(C)n1ccc(C(=O)Nc2sc3c(c2C(N)=O)CCN(C)C3)n1. The number of fused-ring (bicyclic) bond motifs is 1. The van der Waals surface area contributed by atoms with Crippen molar-refractivity contribution in [3.8, 4) is 0 Å². The van der Waals surface area contributed by atoms with Gasteiger partial charge in [-0.1, -0.05) is 0 Å². The Bertz CT molecular complexity index is 792. The number of nitrogens with zero attached hydrogens (tertiary/aromatic N) is 3. The summed E-state index contributed by atoms with van der Waals surface area (Å²) >= 11 is 1.42. The van der Waals surface area contributed by atoms with E-state index < -0.39 is 5.91 Å². The monoisotopic (exact) mass is 347 g/mol. The van der Waals surface area contributed by atoms with Crippen LogP contribution < -0.4 is 11.1 Å². The molecule has 2 amide bonds. The second-order valence-electron chi connectivity index (χ2n) is 6.29. The summed E-state index contributed by atoms with van der Waals surface area (Å²) < 4.78 is 1.72. The summed E-state index contributed by atoms with van der Waals surface area (Å²) in [5, 5.41) is 7.60. The molecule has 0 aromatic carbocycles. The Kier molecular flexibility index (Phi) is 4.42. The number of nitrogens with one attached hydrogen (secondary N) is 1. The molecule has 1 aliphatic heterocycles. The number of carbonyl (C=O) groups excluding carboxylic acids is 2. The molecule has 3 rings (SSSR count). The maximum absolute atomic E-state index is 12.5. The van der Waals surface area contributed by atoms with Crippen molar-refractivity contribution in [1.29, 1.82) is 0 Å². The number of primary amides is 1. The van der Waals surface area contributed by atoms with E-state index in [0.29, 0.717) is 16.3 Å². The van der Waals surface area contributed by atoms with E-state index in [-0.39, 0.29) is 11.9 Å². The lowest BCUT2D eigenvalue weighted by Gasteiger charge is -2.22. The van der Waals surface area contributed by atoms with Crippen LogP contribution in [0.4, 0.5) is 5.00 Å². The number of aromatic nitrogens is 2. The van der Waals surface area contributed by atoms with E-state index in [1.165, 1.54) is 11.3 Å². The Hall–Kier alpha value is -2.19. The van der Waals surface area contributed by atoms with E-state index in [2.05, 4.69) is 15.3 Å². The fourth-order valence-electron chi connectivity index (χ4n) is 2.79. The Balaban J connectivity index is 1.89. The van der Waals surface area contributed by atoms with Crippen LogP contribution in [0.3, 0.4) is 0 Å². The molecule has 7 nitrogen and oxygen atoms in total. The number of likely N-dealkylation sites (N-methyl/N-ethyl adjacent to an activating group) is 1. The summed E-state index contributed by atoms with van der Waals surface area (Å²) in [6, 6.07) is 1.85. The first-order valence-corrected chi connectivity index (χ1v) is 8.68. The number of anilines is 1. The van der Waals surface area contributed by atoms with Gasteiger partial charge in [0.05, 0.1) is 5.56 Å². The fraction of sp³-hybridized carbons (Fsp3) is 0.438. The highest BCUT2D eigenvalue weighted by atomic mass is 32.1. The van der Waals surface area contributed by atoms with Gasteiger partial charge in [-0.2, -0.15) is 5.10 Å². The first-order valence-electron chi connectivity index (χ1n) is 7.86. The number of nitrogens with two attached hydrogens (primary N) is 1. The molecule has 3 N–H and O–H groups in total. The molecular formula is C16H21N5O2S. The van der Waals surface area contributed by atoms with Crippen LogP contribution in [0.1, 0.15) is 51.2 Å². The van der Waals surface area contributed by atoms with Gasteiger partial charge in [-0.25, -0.2) is 0 Å². The minimum Gasteiger partial charge on any atom is -0.365 e. The van der Waals surface area contributed by atoms with Crippen molar-refractivity contribution in [2.24, 2.45) is 5.73 Å². The van der Waals surface area contributed by atoms with E-state index in [4.69, 9.17) is 5.73 Å². The van der Waals surface area contributed by atoms with Crippen LogP contribution in [-0.2, 0) is 13.0 Å². The van der Waals surface area contributed by atoms with Crippen LogP contribution in [0.25, 0.3) is 0 Å². The van der Waals surface area contributed by atoms with Gasteiger partial charge in [0.2, 0.25) is 0 Å². The average molecular weight is 347 g/mol. The average Bonchev–Trinajstić information content (AvgIpc) is 3.10. The first kappa shape index (κ1) is 16.7. The summed E-state index contributed by atoms with van der Waals surface area (Å²) in [6.07, 6.45) is 2.53. The van der Waals surface area contributed by atoms with Crippen molar-refractivity contribution in [3.63, 3.8) is 0 Å². The molecule has 8 heteroatoms. The molecule has 0 atom stereocenters. The summed E-state index contributed by atoms with van der Waals surface area (Å²) in [4.78, 5) is 27.6. The lowest BCUT2D eigenvalue weighted by atomic mass is 10.0. The molecule has 24 heavy (non-hydrogen) atoms. The molecule has 0 bridgehead atoms. The zero-order chi connectivity index (χ0) is 17.4. The topological polar surface area (TPSA) is 93.2 Å². The normalized spacial score (nSPS) is 14.7. The summed E-state index contributed by atoms with van der Waals surface area (Å²) in [6.45, 7) is 5.61. The zero-order valence-electron chi connectivity index (χ0n) is 14.0. The van der Waals surface area contributed by atoms with Crippen LogP contribution in [0.5, 0.6) is 0 Å². The molecule has 1 aliphatic rings. The molecule has 0 saturated carbocycles. The predicted molar refractivity (Wildman–Crippen MR) is 93.4 cm³/mol. The molecular weight excluding hydrogens is 326 g/mol. The number of hydrogen-bond acceptors (Lipinski definition) is 5. The highest BCUT2D eigenvalue weighted by Gasteiger charge is 2.27. The Labute approximate surface area is 144 Å². The van der Waals surface area contributed by atoms with Gasteiger partial charge in [0.25, 0.3) is 11.8 Å². The molecule has 2 aromatic heterocycles. The first-order chi connectivity index (χ1) is 11.4. The Morgan fingerprint density at radius 1 is 1.42 bits per heavy atom. The third kappa shape index (κ3) is 3.07. The van der Waals surface area contributed by atoms with E-state index in [9.17, 15) is 9.59 Å². The number of rotatable bonds is 4. The number of amides is 2. The van der Waals surface area contributed by atoms with E-state index in [1.807, 2.05) is 20.9 Å².